The molecule has 1 amide bonds. The number of thiophene rings is 1. The van der Waals surface area contributed by atoms with Crippen molar-refractivity contribution in [2.75, 3.05) is 5.32 Å². The Hall–Kier alpha value is -3.36. The highest BCUT2D eigenvalue weighted by atomic mass is 32.1. The highest BCUT2D eigenvalue weighted by Crippen LogP contribution is 2.42. The number of ether oxygens (including phenoxy) is 1. The molecule has 1 aromatic heterocycles. The summed E-state index contributed by atoms with van der Waals surface area (Å²) in [6.45, 7) is 3.65. The number of hydrogen-bond donors (Lipinski definition) is 1. The minimum absolute atomic E-state index is 0.236. The van der Waals surface area contributed by atoms with Crippen LogP contribution in [0, 0.1) is 11.8 Å². The van der Waals surface area contributed by atoms with Gasteiger partial charge >= 0.3 is 11.9 Å². The van der Waals surface area contributed by atoms with E-state index in [1.54, 1.807) is 0 Å². The van der Waals surface area contributed by atoms with Crippen molar-refractivity contribution in [3.63, 3.8) is 0 Å². The minimum atomic E-state index is -0.439. The lowest BCUT2D eigenvalue weighted by Gasteiger charge is -2.23. The highest BCUT2D eigenvalue weighted by molar-refractivity contribution is 7.17. The summed E-state index contributed by atoms with van der Waals surface area (Å²) in [7, 11) is 0. The number of carbonyl (C=O) groups excluding carboxylic acids is 2. The summed E-state index contributed by atoms with van der Waals surface area (Å²) in [4.78, 5) is 26.6. The van der Waals surface area contributed by atoms with Gasteiger partial charge in [-0.3, -0.25) is 4.79 Å². The van der Waals surface area contributed by atoms with Gasteiger partial charge in [0.15, 0.2) is 0 Å². The number of benzene rings is 2. The van der Waals surface area contributed by atoms with E-state index in [2.05, 4.69) is 41.4 Å². The third-order valence-corrected chi connectivity index (χ3v) is 6.57. The average molecular weight is 444 g/mol. The van der Waals surface area contributed by atoms with Gasteiger partial charge in [0.2, 0.25) is 0 Å². The highest BCUT2D eigenvalue weighted by Gasteiger charge is 2.31. The van der Waals surface area contributed by atoms with Gasteiger partial charge in [-0.1, -0.05) is 54.5 Å². The molecule has 5 heteroatoms. The lowest BCUT2D eigenvalue weighted by atomic mass is 9.83. The lowest BCUT2D eigenvalue weighted by molar-refractivity contribution is -0.111. The summed E-state index contributed by atoms with van der Waals surface area (Å²) in [5.41, 5.74) is 3.55. The molecule has 0 unspecified atom stereocenters. The van der Waals surface area contributed by atoms with Crippen molar-refractivity contribution >= 4 is 28.2 Å². The average Bonchev–Trinajstić information content (AvgIpc) is 3.15. The Balaban J connectivity index is 1.61. The molecule has 1 atom stereocenters. The minimum Gasteiger partial charge on any atom is -0.459 e. The maximum absolute atomic E-state index is 12.9. The molecule has 0 saturated heterocycles. The second-order valence-corrected chi connectivity index (χ2v) is 9.19. The van der Waals surface area contributed by atoms with Crippen LogP contribution < -0.4 is 5.32 Å². The van der Waals surface area contributed by atoms with Crippen molar-refractivity contribution in [1.29, 1.82) is 0 Å². The van der Waals surface area contributed by atoms with Crippen LogP contribution in [-0.4, -0.2) is 18.0 Å². The third kappa shape index (κ3) is 5.09. The van der Waals surface area contributed by atoms with E-state index in [9.17, 15) is 9.59 Å². The molecule has 4 rings (SSSR count). The molecule has 1 aliphatic rings. The SMILES string of the molecule is CC(C)OC(=O)c1c(NC(=O)C#Cc2ccccc2)sc2c1CC[C@@H](c1ccccc1)C2. The molecular formula is C27H25NO3S. The lowest BCUT2D eigenvalue weighted by Crippen LogP contribution is -2.18. The van der Waals surface area contributed by atoms with Crippen LogP contribution in [0.1, 0.15) is 58.1 Å². The molecule has 162 valence electrons. The van der Waals surface area contributed by atoms with Crippen molar-refractivity contribution in [1.82, 2.24) is 0 Å². The molecule has 0 radical (unpaired) electrons. The van der Waals surface area contributed by atoms with Gasteiger partial charge in [0.25, 0.3) is 0 Å². The van der Waals surface area contributed by atoms with Crippen LogP contribution in [0.3, 0.4) is 0 Å². The van der Waals surface area contributed by atoms with Gasteiger partial charge in [-0.15, -0.1) is 11.3 Å². The Morgan fingerprint density at radius 1 is 1.06 bits per heavy atom. The summed E-state index contributed by atoms with van der Waals surface area (Å²) in [5.74, 6) is 5.06. The molecule has 1 heterocycles. The number of hydrogen-bond acceptors (Lipinski definition) is 4. The maximum Gasteiger partial charge on any atom is 0.341 e. The zero-order chi connectivity index (χ0) is 22.5. The maximum atomic E-state index is 12.9. The Kier molecular flexibility index (Phi) is 6.72. The first-order valence-electron chi connectivity index (χ1n) is 10.8. The molecule has 1 aliphatic carbocycles. The van der Waals surface area contributed by atoms with Crippen LogP contribution in [0.5, 0.6) is 0 Å². The fraction of sp³-hybridized carbons (Fsp3) is 0.259. The van der Waals surface area contributed by atoms with Gasteiger partial charge in [-0.05, 0) is 62.3 Å². The molecule has 2 aromatic carbocycles. The fourth-order valence-electron chi connectivity index (χ4n) is 3.96. The van der Waals surface area contributed by atoms with Crippen molar-refractivity contribution in [2.24, 2.45) is 0 Å². The van der Waals surface area contributed by atoms with Crippen molar-refractivity contribution in [3.05, 3.63) is 87.8 Å². The van der Waals surface area contributed by atoms with Crippen molar-refractivity contribution in [3.8, 4) is 11.8 Å². The molecule has 0 spiro atoms. The molecule has 0 fully saturated rings. The van der Waals surface area contributed by atoms with E-state index in [-0.39, 0.29) is 12.1 Å². The Morgan fingerprint density at radius 3 is 2.44 bits per heavy atom. The predicted octanol–water partition coefficient (Wildman–Crippen LogP) is 5.58. The zero-order valence-corrected chi connectivity index (χ0v) is 19.0. The number of rotatable bonds is 4. The molecule has 0 bridgehead atoms. The fourth-order valence-corrected chi connectivity index (χ4v) is 5.27. The van der Waals surface area contributed by atoms with E-state index in [4.69, 9.17) is 4.74 Å². The van der Waals surface area contributed by atoms with E-state index in [1.165, 1.54) is 16.9 Å². The number of anilines is 1. The smallest absolute Gasteiger partial charge is 0.341 e. The Labute approximate surface area is 192 Å². The molecule has 0 aliphatic heterocycles. The van der Waals surface area contributed by atoms with Crippen LogP contribution in [0.15, 0.2) is 60.7 Å². The number of carbonyl (C=O) groups is 2. The number of nitrogens with one attached hydrogen (secondary N) is 1. The first kappa shape index (κ1) is 21.9. The van der Waals surface area contributed by atoms with E-state index >= 15 is 0 Å². The first-order valence-corrected chi connectivity index (χ1v) is 11.6. The predicted molar refractivity (Wildman–Crippen MR) is 128 cm³/mol. The van der Waals surface area contributed by atoms with Crippen molar-refractivity contribution < 1.29 is 14.3 Å². The second-order valence-electron chi connectivity index (χ2n) is 8.08. The summed E-state index contributed by atoms with van der Waals surface area (Å²) < 4.78 is 5.50. The monoisotopic (exact) mass is 443 g/mol. The number of esters is 1. The van der Waals surface area contributed by atoms with Gasteiger partial charge in [0, 0.05) is 16.4 Å². The zero-order valence-electron chi connectivity index (χ0n) is 18.2. The molecule has 32 heavy (non-hydrogen) atoms. The standard InChI is InChI=1S/C27H25NO3S/c1-18(2)31-27(30)25-22-15-14-21(20-11-7-4-8-12-20)17-23(22)32-26(25)28-24(29)16-13-19-9-5-3-6-10-19/h3-12,18,21H,14-15,17H2,1-2H3,(H,28,29)/t21-/m1/s1. The molecule has 0 saturated carbocycles. The Morgan fingerprint density at radius 2 is 1.75 bits per heavy atom. The van der Waals surface area contributed by atoms with E-state index in [0.717, 1.165) is 35.3 Å². The summed E-state index contributed by atoms with van der Waals surface area (Å²) in [5, 5.41) is 3.38. The third-order valence-electron chi connectivity index (χ3n) is 5.40. The van der Waals surface area contributed by atoms with Crippen molar-refractivity contribution in [2.45, 2.75) is 45.1 Å². The largest absolute Gasteiger partial charge is 0.459 e. The van der Waals surface area contributed by atoms with Crippen LogP contribution >= 0.6 is 11.3 Å². The first-order chi connectivity index (χ1) is 15.5. The summed E-state index contributed by atoms with van der Waals surface area (Å²) in [6.07, 6.45) is 2.34. The summed E-state index contributed by atoms with van der Waals surface area (Å²) in [6, 6.07) is 19.8. The normalized spacial score (nSPS) is 14.8. The second kappa shape index (κ2) is 9.84. The molecule has 4 nitrogen and oxygen atoms in total. The molecular weight excluding hydrogens is 418 g/mol. The van der Waals surface area contributed by atoms with Crippen LogP contribution in [0.25, 0.3) is 0 Å². The van der Waals surface area contributed by atoms with Gasteiger partial charge < -0.3 is 10.1 Å². The number of amides is 1. The van der Waals surface area contributed by atoms with Gasteiger partial charge in [0.1, 0.15) is 5.00 Å². The molecule has 3 aromatic rings. The topological polar surface area (TPSA) is 55.4 Å². The van der Waals surface area contributed by atoms with Crippen LogP contribution in [0.2, 0.25) is 0 Å². The van der Waals surface area contributed by atoms with Gasteiger partial charge in [-0.25, -0.2) is 4.79 Å². The quantitative estimate of drug-likeness (QED) is 0.423. The van der Waals surface area contributed by atoms with Crippen LogP contribution in [-0.2, 0) is 22.4 Å². The van der Waals surface area contributed by atoms with E-state index < -0.39 is 5.91 Å². The van der Waals surface area contributed by atoms with Gasteiger partial charge in [0.05, 0.1) is 11.7 Å². The van der Waals surface area contributed by atoms with E-state index in [1.807, 2.05) is 50.2 Å². The van der Waals surface area contributed by atoms with E-state index in [0.29, 0.717) is 16.5 Å². The molecule has 1 N–H and O–H groups in total. The number of fused-ring (bicyclic) bond motifs is 1. The van der Waals surface area contributed by atoms with Crippen LogP contribution in [0.4, 0.5) is 5.00 Å². The van der Waals surface area contributed by atoms with Gasteiger partial charge in [-0.2, -0.15) is 0 Å². The Bertz CT molecular complexity index is 1170. The summed E-state index contributed by atoms with van der Waals surface area (Å²) >= 11 is 1.47.